The lowest BCUT2D eigenvalue weighted by molar-refractivity contribution is -0.121. The van der Waals surface area contributed by atoms with E-state index in [4.69, 9.17) is 4.74 Å². The first-order chi connectivity index (χ1) is 14.4. The van der Waals surface area contributed by atoms with E-state index in [2.05, 4.69) is 33.4 Å². The topological polar surface area (TPSA) is 87.7 Å². The van der Waals surface area contributed by atoms with E-state index >= 15 is 0 Å². The van der Waals surface area contributed by atoms with E-state index in [1.165, 1.54) is 4.31 Å². The number of nitrogens with one attached hydrogen (secondary N) is 2. The average Bonchev–Trinajstić information content (AvgIpc) is 2.77. The molecule has 3 rings (SSSR count). The number of amides is 1. The smallest absolute Gasteiger partial charge is 0.243 e. The number of halogens is 1. The molecule has 1 aliphatic heterocycles. The standard InChI is InChI=1S/C21H24BrN3O4S/c1-16(18-5-7-19(22)8-6-18)23-24-21(26)11-4-17-2-9-20(10-3-17)30(27,28)25-12-14-29-15-13-25/h2-3,5-10,23H,1,4,11-15H2,(H,24,26). The van der Waals surface area contributed by atoms with Crippen molar-refractivity contribution < 1.29 is 17.9 Å². The second kappa shape index (κ2) is 10.2. The van der Waals surface area contributed by atoms with Gasteiger partial charge in [-0.1, -0.05) is 46.8 Å². The summed E-state index contributed by atoms with van der Waals surface area (Å²) in [6.07, 6.45) is 0.756. The van der Waals surface area contributed by atoms with E-state index in [9.17, 15) is 13.2 Å². The van der Waals surface area contributed by atoms with Crippen molar-refractivity contribution in [2.75, 3.05) is 26.3 Å². The molecule has 1 saturated heterocycles. The number of rotatable bonds is 8. The first-order valence-corrected chi connectivity index (χ1v) is 11.8. The molecule has 1 heterocycles. The third-order valence-electron chi connectivity index (χ3n) is 4.72. The first kappa shape index (κ1) is 22.5. The summed E-state index contributed by atoms with van der Waals surface area (Å²) in [7, 11) is -3.51. The third-order valence-corrected chi connectivity index (χ3v) is 7.16. The van der Waals surface area contributed by atoms with Gasteiger partial charge in [0.2, 0.25) is 15.9 Å². The number of ether oxygens (including phenoxy) is 1. The average molecular weight is 494 g/mol. The molecule has 0 saturated carbocycles. The molecule has 9 heteroatoms. The molecule has 0 spiro atoms. The van der Waals surface area contributed by atoms with Crippen LogP contribution in [0.3, 0.4) is 0 Å². The van der Waals surface area contributed by atoms with Crippen LogP contribution in [0.25, 0.3) is 5.70 Å². The maximum atomic E-state index is 12.6. The Morgan fingerprint density at radius 2 is 1.67 bits per heavy atom. The Hall–Kier alpha value is -2.20. The Morgan fingerprint density at radius 1 is 1.03 bits per heavy atom. The monoisotopic (exact) mass is 493 g/mol. The van der Waals surface area contributed by atoms with Crippen LogP contribution in [0.4, 0.5) is 0 Å². The zero-order valence-corrected chi connectivity index (χ0v) is 18.8. The Bertz CT molecular complexity index is 986. The summed E-state index contributed by atoms with van der Waals surface area (Å²) < 4.78 is 32.9. The number of hydrogen-bond donors (Lipinski definition) is 2. The second-order valence-electron chi connectivity index (χ2n) is 6.82. The van der Waals surface area contributed by atoms with E-state index in [-0.39, 0.29) is 17.2 Å². The number of aryl methyl sites for hydroxylation is 1. The summed E-state index contributed by atoms with van der Waals surface area (Å²) in [5.41, 5.74) is 7.79. The summed E-state index contributed by atoms with van der Waals surface area (Å²) in [6.45, 7) is 5.46. The third kappa shape index (κ3) is 5.91. The molecule has 0 unspecified atom stereocenters. The maximum Gasteiger partial charge on any atom is 0.243 e. The van der Waals surface area contributed by atoms with Gasteiger partial charge >= 0.3 is 0 Å². The summed E-state index contributed by atoms with van der Waals surface area (Å²) in [5, 5.41) is 0. The fraction of sp³-hybridized carbons (Fsp3) is 0.286. The van der Waals surface area contributed by atoms with Gasteiger partial charge in [-0.25, -0.2) is 8.42 Å². The molecule has 7 nitrogen and oxygen atoms in total. The SMILES string of the molecule is C=C(NNC(=O)CCc1ccc(S(=O)(=O)N2CCOCC2)cc1)c1ccc(Br)cc1. The van der Waals surface area contributed by atoms with Crippen LogP contribution in [-0.4, -0.2) is 44.9 Å². The van der Waals surface area contributed by atoms with E-state index in [0.717, 1.165) is 15.6 Å². The molecule has 1 fully saturated rings. The molecule has 1 aliphatic rings. The predicted molar refractivity (Wildman–Crippen MR) is 119 cm³/mol. The van der Waals surface area contributed by atoms with Crippen LogP contribution in [0, 0.1) is 0 Å². The Kier molecular flexibility index (Phi) is 7.65. The number of carbonyl (C=O) groups is 1. The van der Waals surface area contributed by atoms with E-state index in [0.29, 0.717) is 38.4 Å². The highest BCUT2D eigenvalue weighted by Gasteiger charge is 2.26. The quantitative estimate of drug-likeness (QED) is 0.552. The summed E-state index contributed by atoms with van der Waals surface area (Å²) in [6, 6.07) is 14.2. The van der Waals surface area contributed by atoms with Crippen LogP contribution in [0.15, 0.2) is 64.5 Å². The number of hydrazine groups is 1. The van der Waals surface area contributed by atoms with Gasteiger partial charge in [0, 0.05) is 24.0 Å². The van der Waals surface area contributed by atoms with Gasteiger partial charge in [0.15, 0.2) is 0 Å². The van der Waals surface area contributed by atoms with Crippen LogP contribution < -0.4 is 10.9 Å². The molecule has 1 amide bonds. The minimum atomic E-state index is -3.51. The minimum absolute atomic E-state index is 0.182. The molecule has 0 aliphatic carbocycles. The zero-order chi connectivity index (χ0) is 21.6. The summed E-state index contributed by atoms with van der Waals surface area (Å²) in [4.78, 5) is 12.4. The van der Waals surface area contributed by atoms with Crippen molar-refractivity contribution in [3.63, 3.8) is 0 Å². The van der Waals surface area contributed by atoms with Gasteiger partial charge in [-0.15, -0.1) is 0 Å². The molecule has 2 N–H and O–H groups in total. The minimum Gasteiger partial charge on any atom is -0.379 e. The molecule has 0 atom stereocenters. The van der Waals surface area contributed by atoms with Crippen molar-refractivity contribution in [1.29, 1.82) is 0 Å². The zero-order valence-electron chi connectivity index (χ0n) is 16.4. The highest BCUT2D eigenvalue weighted by molar-refractivity contribution is 9.10. The van der Waals surface area contributed by atoms with Gasteiger partial charge in [0.25, 0.3) is 0 Å². The van der Waals surface area contributed by atoms with E-state index < -0.39 is 10.0 Å². The largest absolute Gasteiger partial charge is 0.379 e. The molecule has 0 bridgehead atoms. The van der Waals surface area contributed by atoms with Gasteiger partial charge in [0.05, 0.1) is 23.8 Å². The van der Waals surface area contributed by atoms with Crippen molar-refractivity contribution in [1.82, 2.24) is 15.2 Å². The highest BCUT2D eigenvalue weighted by atomic mass is 79.9. The normalized spacial score (nSPS) is 14.8. The first-order valence-electron chi connectivity index (χ1n) is 9.53. The van der Waals surface area contributed by atoms with Crippen molar-refractivity contribution >= 4 is 37.6 Å². The Balaban J connectivity index is 1.48. The summed E-state index contributed by atoms with van der Waals surface area (Å²) in [5.74, 6) is -0.182. The van der Waals surface area contributed by atoms with Gasteiger partial charge in [-0.3, -0.25) is 15.6 Å². The van der Waals surface area contributed by atoms with Crippen molar-refractivity contribution in [3.05, 3.63) is 70.7 Å². The van der Waals surface area contributed by atoms with E-state index in [1.807, 2.05) is 24.3 Å². The number of hydrogen-bond acceptors (Lipinski definition) is 5. The molecule has 2 aromatic rings. The molecule has 160 valence electrons. The van der Waals surface area contributed by atoms with Gasteiger partial charge < -0.3 is 4.74 Å². The van der Waals surface area contributed by atoms with Crippen LogP contribution >= 0.6 is 15.9 Å². The lowest BCUT2D eigenvalue weighted by atomic mass is 10.1. The number of morpholine rings is 1. The fourth-order valence-electron chi connectivity index (χ4n) is 2.95. The van der Waals surface area contributed by atoms with Gasteiger partial charge in [-0.05, 0) is 41.8 Å². The fourth-order valence-corrected chi connectivity index (χ4v) is 4.63. The second-order valence-corrected chi connectivity index (χ2v) is 9.67. The Labute approximate surface area is 185 Å². The Morgan fingerprint density at radius 3 is 2.30 bits per heavy atom. The van der Waals surface area contributed by atoms with Gasteiger partial charge in [-0.2, -0.15) is 4.31 Å². The highest BCUT2D eigenvalue weighted by Crippen LogP contribution is 2.18. The van der Waals surface area contributed by atoms with Gasteiger partial charge in [0.1, 0.15) is 0 Å². The van der Waals surface area contributed by atoms with Crippen LogP contribution in [0.5, 0.6) is 0 Å². The molecule has 2 aromatic carbocycles. The molecular weight excluding hydrogens is 470 g/mol. The lowest BCUT2D eigenvalue weighted by Gasteiger charge is -2.26. The molecule has 30 heavy (non-hydrogen) atoms. The maximum absolute atomic E-state index is 12.6. The number of carbonyl (C=O) groups excluding carboxylic acids is 1. The van der Waals surface area contributed by atoms with Crippen molar-refractivity contribution in [2.45, 2.75) is 17.7 Å². The van der Waals surface area contributed by atoms with Crippen LogP contribution in [0.2, 0.25) is 0 Å². The number of benzene rings is 2. The predicted octanol–water partition coefficient (Wildman–Crippen LogP) is 2.69. The molecule has 0 radical (unpaired) electrons. The van der Waals surface area contributed by atoms with Crippen LogP contribution in [-0.2, 0) is 26.0 Å². The van der Waals surface area contributed by atoms with Crippen molar-refractivity contribution in [2.24, 2.45) is 0 Å². The van der Waals surface area contributed by atoms with E-state index in [1.54, 1.807) is 24.3 Å². The summed E-state index contributed by atoms with van der Waals surface area (Å²) >= 11 is 3.37. The van der Waals surface area contributed by atoms with Crippen molar-refractivity contribution in [3.8, 4) is 0 Å². The lowest BCUT2D eigenvalue weighted by Crippen LogP contribution is -2.40. The number of nitrogens with zero attached hydrogens (tertiary/aromatic N) is 1. The molecule has 0 aromatic heterocycles. The van der Waals surface area contributed by atoms with Crippen LogP contribution in [0.1, 0.15) is 17.5 Å². The number of sulfonamides is 1. The molecular formula is C21H24BrN3O4S.